The zero-order chi connectivity index (χ0) is 21.8. The molecule has 0 spiro atoms. The first-order valence-corrected chi connectivity index (χ1v) is 11.0. The number of ether oxygens (including phenoxy) is 1. The predicted octanol–water partition coefficient (Wildman–Crippen LogP) is 3.57. The smallest absolute Gasteiger partial charge is 0.251 e. The molecule has 1 N–H and O–H groups in total. The fourth-order valence-corrected chi connectivity index (χ4v) is 4.86. The molecule has 2 aliphatic heterocycles. The second-order valence-electron chi connectivity index (χ2n) is 8.58. The highest BCUT2D eigenvalue weighted by atomic mass is 19.1. The van der Waals surface area contributed by atoms with Gasteiger partial charge in [-0.25, -0.2) is 4.39 Å². The summed E-state index contributed by atoms with van der Waals surface area (Å²) in [7, 11) is 1.65. The van der Waals surface area contributed by atoms with E-state index in [4.69, 9.17) is 4.74 Å². The number of hydrogen-bond acceptors (Lipinski definition) is 3. The Hall–Kier alpha value is -2.73. The molecule has 0 aliphatic carbocycles. The summed E-state index contributed by atoms with van der Waals surface area (Å²) in [5.41, 5.74) is 1.67. The van der Waals surface area contributed by atoms with Crippen LogP contribution in [0.3, 0.4) is 0 Å². The zero-order valence-corrected chi connectivity index (χ0v) is 17.9. The van der Waals surface area contributed by atoms with Crippen LogP contribution in [0.4, 0.5) is 4.39 Å². The molecule has 2 aliphatic rings. The average Bonchev–Trinajstić information content (AvgIpc) is 3.34. The molecule has 0 aromatic heterocycles. The SMILES string of the molecule is CNC(=O)[C@@]1(Cc2ccc(-c3ccccc3F)cc2)CCCN(C(=O)[C@@H]2CCCO2)C1. The Balaban J connectivity index is 1.54. The van der Waals surface area contributed by atoms with Crippen LogP contribution in [0.15, 0.2) is 48.5 Å². The Morgan fingerprint density at radius 1 is 1.16 bits per heavy atom. The largest absolute Gasteiger partial charge is 0.368 e. The maximum atomic E-state index is 14.1. The monoisotopic (exact) mass is 424 g/mol. The van der Waals surface area contributed by atoms with E-state index in [1.54, 1.807) is 19.2 Å². The summed E-state index contributed by atoms with van der Waals surface area (Å²) in [6.07, 6.45) is 3.30. The van der Waals surface area contributed by atoms with Gasteiger partial charge in [-0.1, -0.05) is 42.5 Å². The van der Waals surface area contributed by atoms with Crippen molar-refractivity contribution in [2.24, 2.45) is 5.41 Å². The van der Waals surface area contributed by atoms with E-state index in [2.05, 4.69) is 5.32 Å². The summed E-state index contributed by atoms with van der Waals surface area (Å²) in [5.74, 6) is -0.302. The number of carbonyl (C=O) groups is 2. The molecule has 31 heavy (non-hydrogen) atoms. The van der Waals surface area contributed by atoms with Crippen molar-refractivity contribution in [3.8, 4) is 11.1 Å². The van der Waals surface area contributed by atoms with Gasteiger partial charge < -0.3 is 15.0 Å². The maximum absolute atomic E-state index is 14.1. The van der Waals surface area contributed by atoms with E-state index >= 15 is 0 Å². The lowest BCUT2D eigenvalue weighted by molar-refractivity contribution is -0.148. The normalized spacial score (nSPS) is 23.5. The van der Waals surface area contributed by atoms with Crippen molar-refractivity contribution < 1.29 is 18.7 Å². The predicted molar refractivity (Wildman–Crippen MR) is 117 cm³/mol. The average molecular weight is 425 g/mol. The van der Waals surface area contributed by atoms with Crippen LogP contribution < -0.4 is 5.32 Å². The number of hydrogen-bond donors (Lipinski definition) is 1. The Kier molecular flexibility index (Phi) is 6.37. The van der Waals surface area contributed by atoms with Crippen LogP contribution in [0, 0.1) is 11.2 Å². The Morgan fingerprint density at radius 2 is 1.94 bits per heavy atom. The number of amides is 2. The van der Waals surface area contributed by atoms with Crippen molar-refractivity contribution in [3.05, 3.63) is 59.9 Å². The highest BCUT2D eigenvalue weighted by Gasteiger charge is 2.44. The topological polar surface area (TPSA) is 58.6 Å². The molecular weight excluding hydrogens is 395 g/mol. The van der Waals surface area contributed by atoms with E-state index < -0.39 is 5.41 Å². The van der Waals surface area contributed by atoms with Crippen molar-refractivity contribution in [1.82, 2.24) is 10.2 Å². The minimum Gasteiger partial charge on any atom is -0.368 e. The zero-order valence-electron chi connectivity index (χ0n) is 17.9. The van der Waals surface area contributed by atoms with E-state index in [0.29, 0.717) is 31.7 Å². The maximum Gasteiger partial charge on any atom is 0.251 e. The quantitative estimate of drug-likeness (QED) is 0.798. The molecule has 2 heterocycles. The molecule has 4 rings (SSSR count). The highest BCUT2D eigenvalue weighted by Crippen LogP contribution is 2.35. The molecule has 2 aromatic rings. The summed E-state index contributed by atoms with van der Waals surface area (Å²) < 4.78 is 19.7. The first kappa shape index (κ1) is 21.5. The highest BCUT2D eigenvalue weighted by molar-refractivity contribution is 5.86. The first-order valence-electron chi connectivity index (χ1n) is 11.0. The number of nitrogens with one attached hydrogen (secondary N) is 1. The fraction of sp³-hybridized carbons (Fsp3) is 0.440. The number of nitrogens with zero attached hydrogens (tertiary/aromatic N) is 1. The lowest BCUT2D eigenvalue weighted by atomic mass is 9.74. The second kappa shape index (κ2) is 9.18. The van der Waals surface area contributed by atoms with Crippen LogP contribution in [0.25, 0.3) is 11.1 Å². The van der Waals surface area contributed by atoms with E-state index in [1.807, 2.05) is 35.2 Å². The third-order valence-corrected chi connectivity index (χ3v) is 6.48. The van der Waals surface area contributed by atoms with Gasteiger partial charge in [0.05, 0.1) is 5.41 Å². The molecular formula is C25H29FN2O3. The van der Waals surface area contributed by atoms with E-state index in [1.165, 1.54) is 6.07 Å². The lowest BCUT2D eigenvalue weighted by Crippen LogP contribution is -2.55. The number of halogens is 1. The van der Waals surface area contributed by atoms with Gasteiger partial charge in [-0.05, 0) is 49.3 Å². The minimum atomic E-state index is -0.680. The summed E-state index contributed by atoms with van der Waals surface area (Å²) >= 11 is 0. The molecule has 2 saturated heterocycles. The fourth-order valence-electron chi connectivity index (χ4n) is 4.86. The van der Waals surface area contributed by atoms with Gasteiger partial charge in [-0.15, -0.1) is 0 Å². The van der Waals surface area contributed by atoms with Crippen LogP contribution in [0.5, 0.6) is 0 Å². The molecule has 6 heteroatoms. The molecule has 2 atom stereocenters. The van der Waals surface area contributed by atoms with Crippen LogP contribution in [-0.4, -0.2) is 49.6 Å². The van der Waals surface area contributed by atoms with Gasteiger partial charge in [0.2, 0.25) is 5.91 Å². The summed E-state index contributed by atoms with van der Waals surface area (Å²) in [5, 5.41) is 2.81. The van der Waals surface area contributed by atoms with Crippen molar-refractivity contribution >= 4 is 11.8 Å². The summed E-state index contributed by atoms with van der Waals surface area (Å²) in [4.78, 5) is 27.7. The Labute approximate surface area is 182 Å². The molecule has 164 valence electrons. The van der Waals surface area contributed by atoms with E-state index in [9.17, 15) is 14.0 Å². The Morgan fingerprint density at radius 3 is 2.61 bits per heavy atom. The second-order valence-corrected chi connectivity index (χ2v) is 8.58. The molecule has 0 saturated carbocycles. The van der Waals surface area contributed by atoms with Crippen molar-refractivity contribution in [3.63, 3.8) is 0 Å². The molecule has 2 fully saturated rings. The molecule has 0 unspecified atom stereocenters. The summed E-state index contributed by atoms with van der Waals surface area (Å²) in [6, 6.07) is 14.4. The van der Waals surface area contributed by atoms with Gasteiger partial charge in [-0.3, -0.25) is 9.59 Å². The van der Waals surface area contributed by atoms with Crippen LogP contribution in [0.1, 0.15) is 31.2 Å². The van der Waals surface area contributed by atoms with Crippen LogP contribution in [-0.2, 0) is 20.7 Å². The van der Waals surface area contributed by atoms with Crippen molar-refractivity contribution in [2.75, 3.05) is 26.7 Å². The van der Waals surface area contributed by atoms with Gasteiger partial charge in [-0.2, -0.15) is 0 Å². The van der Waals surface area contributed by atoms with E-state index in [0.717, 1.165) is 36.8 Å². The number of carbonyl (C=O) groups excluding carboxylic acids is 2. The number of likely N-dealkylation sites (tertiary alicyclic amines) is 1. The van der Waals surface area contributed by atoms with Gasteiger partial charge in [0.25, 0.3) is 5.91 Å². The lowest BCUT2D eigenvalue weighted by Gasteiger charge is -2.42. The van der Waals surface area contributed by atoms with E-state index in [-0.39, 0.29) is 23.7 Å². The third kappa shape index (κ3) is 4.49. The minimum absolute atomic E-state index is 0.000351. The molecule has 0 radical (unpaired) electrons. The standard InChI is InChI=1S/C25H29FN2O3/c1-27-24(30)25(13-5-14-28(17-25)23(29)22-8-4-15-31-22)16-18-9-11-19(12-10-18)20-6-2-3-7-21(20)26/h2-3,6-7,9-12,22H,4-5,8,13-17H2,1H3,(H,27,30)/t22-,25+/m0/s1. The summed E-state index contributed by atoms with van der Waals surface area (Å²) in [6.45, 7) is 1.67. The number of piperidine rings is 1. The number of benzene rings is 2. The Bertz CT molecular complexity index is 940. The van der Waals surface area contributed by atoms with Crippen LogP contribution >= 0.6 is 0 Å². The van der Waals surface area contributed by atoms with Crippen molar-refractivity contribution in [1.29, 1.82) is 0 Å². The molecule has 0 bridgehead atoms. The van der Waals surface area contributed by atoms with Gasteiger partial charge in [0.15, 0.2) is 0 Å². The van der Waals surface area contributed by atoms with Gasteiger partial charge in [0, 0.05) is 32.3 Å². The van der Waals surface area contributed by atoms with Crippen molar-refractivity contribution in [2.45, 2.75) is 38.2 Å². The number of rotatable bonds is 5. The first-order chi connectivity index (χ1) is 15.0. The van der Waals surface area contributed by atoms with Gasteiger partial charge in [0.1, 0.15) is 11.9 Å². The molecule has 2 amide bonds. The third-order valence-electron chi connectivity index (χ3n) is 6.48. The molecule has 5 nitrogen and oxygen atoms in total. The van der Waals surface area contributed by atoms with Gasteiger partial charge >= 0.3 is 0 Å². The van der Waals surface area contributed by atoms with Crippen LogP contribution in [0.2, 0.25) is 0 Å². The molecule has 2 aromatic carbocycles.